The Morgan fingerprint density at radius 2 is 1.86 bits per heavy atom. The highest BCUT2D eigenvalue weighted by molar-refractivity contribution is 14.1. The van der Waals surface area contributed by atoms with Gasteiger partial charge >= 0.3 is 0 Å². The molecule has 6 rings (SSSR count). The van der Waals surface area contributed by atoms with Gasteiger partial charge in [-0.2, -0.15) is 0 Å². The van der Waals surface area contributed by atoms with E-state index in [2.05, 4.69) is 36.6 Å². The molecule has 4 heterocycles. The van der Waals surface area contributed by atoms with Crippen LogP contribution >= 0.6 is 22.6 Å². The Balaban J connectivity index is 1.09. The Hall–Kier alpha value is -3.42. The summed E-state index contributed by atoms with van der Waals surface area (Å²) in [6, 6.07) is 6.02. The minimum atomic E-state index is -0.499. The number of hydrogen-bond donors (Lipinski definition) is 5. The van der Waals surface area contributed by atoms with Gasteiger partial charge < -0.3 is 26.7 Å². The molecule has 0 unspecified atom stereocenters. The van der Waals surface area contributed by atoms with Gasteiger partial charge in [0, 0.05) is 35.2 Å². The van der Waals surface area contributed by atoms with Crippen LogP contribution < -0.4 is 22.1 Å². The molecular formula is C25H28IN9O2. The number of H-pyrrole nitrogens is 1. The number of rotatable bonds is 2. The zero-order chi connectivity index (χ0) is 25.7. The molecule has 12 heteroatoms. The molecule has 1 spiro atoms. The first kappa shape index (κ1) is 23.9. The maximum atomic E-state index is 13.4. The lowest BCUT2D eigenvalue weighted by atomic mass is 9.88. The number of carbonyl (C=O) groups excluding carboxylic acids is 2. The molecule has 2 aromatic heterocycles. The van der Waals surface area contributed by atoms with Crippen molar-refractivity contribution in [1.29, 1.82) is 0 Å². The monoisotopic (exact) mass is 613 g/mol. The average molecular weight is 613 g/mol. The summed E-state index contributed by atoms with van der Waals surface area (Å²) in [5, 5.41) is 7.29. The summed E-state index contributed by atoms with van der Waals surface area (Å²) in [6.45, 7) is 1.74. The first-order valence-corrected chi connectivity index (χ1v) is 13.5. The van der Waals surface area contributed by atoms with Crippen LogP contribution in [-0.2, 0) is 12.8 Å². The fourth-order valence-electron chi connectivity index (χ4n) is 5.55. The number of aryl methyl sites for hydroxylation is 2. The van der Waals surface area contributed by atoms with E-state index in [0.29, 0.717) is 29.3 Å². The summed E-state index contributed by atoms with van der Waals surface area (Å²) < 4.78 is 0.405. The smallest absolute Gasteiger partial charge is 0.280 e. The molecule has 11 nitrogen and oxygen atoms in total. The zero-order valence-electron chi connectivity index (χ0n) is 20.2. The van der Waals surface area contributed by atoms with Crippen LogP contribution in [0.1, 0.15) is 57.8 Å². The molecule has 2 aliphatic heterocycles. The minimum absolute atomic E-state index is 0.00474. The SMILES string of the molecule is Nc1nc(N)c(C(=O)NC2=NCC3(CCN(C(=O)c4ccc5[nH]c6c(c5c4)CCCC6)CC3)N2)nc1I. The van der Waals surface area contributed by atoms with Crippen LogP contribution in [0.4, 0.5) is 11.6 Å². The zero-order valence-corrected chi connectivity index (χ0v) is 22.4. The summed E-state index contributed by atoms with van der Waals surface area (Å²) in [6.07, 6.45) is 6.02. The molecule has 1 fully saturated rings. The molecule has 3 aliphatic rings. The van der Waals surface area contributed by atoms with Crippen molar-refractivity contribution in [2.24, 2.45) is 4.99 Å². The number of likely N-dealkylation sites (tertiary alicyclic amines) is 1. The third-order valence-electron chi connectivity index (χ3n) is 7.63. The number of hydrogen-bond acceptors (Lipinski definition) is 8. The van der Waals surface area contributed by atoms with Gasteiger partial charge in [-0.1, -0.05) is 0 Å². The first-order chi connectivity index (χ1) is 17.8. The molecule has 1 aromatic carbocycles. The van der Waals surface area contributed by atoms with Crippen molar-refractivity contribution in [3.05, 3.63) is 44.4 Å². The lowest BCUT2D eigenvalue weighted by Crippen LogP contribution is -2.57. The van der Waals surface area contributed by atoms with Gasteiger partial charge in [0.2, 0.25) is 0 Å². The molecule has 1 saturated heterocycles. The number of nitrogens with zero attached hydrogens (tertiary/aromatic N) is 4. The van der Waals surface area contributed by atoms with Crippen molar-refractivity contribution < 1.29 is 9.59 Å². The number of aromatic nitrogens is 3. The summed E-state index contributed by atoms with van der Waals surface area (Å²) in [5.41, 5.74) is 15.8. The molecule has 0 atom stereocenters. The van der Waals surface area contributed by atoms with E-state index in [9.17, 15) is 9.59 Å². The number of halogens is 1. The predicted octanol–water partition coefficient (Wildman–Crippen LogP) is 1.97. The Bertz CT molecular complexity index is 1460. The fourth-order valence-corrected chi connectivity index (χ4v) is 5.91. The van der Waals surface area contributed by atoms with Crippen molar-refractivity contribution >= 4 is 62.9 Å². The molecule has 0 saturated carbocycles. The third-order valence-corrected chi connectivity index (χ3v) is 8.42. The van der Waals surface area contributed by atoms with Gasteiger partial charge in [-0.05, 0) is 84.9 Å². The number of fused-ring (bicyclic) bond motifs is 3. The molecule has 0 bridgehead atoms. The molecule has 2 amide bonds. The number of benzene rings is 1. The minimum Gasteiger partial charge on any atom is -0.382 e. The first-order valence-electron chi connectivity index (χ1n) is 12.5. The van der Waals surface area contributed by atoms with E-state index < -0.39 is 5.91 Å². The molecule has 7 N–H and O–H groups in total. The molecule has 3 aromatic rings. The van der Waals surface area contributed by atoms with Crippen LogP contribution in [0.15, 0.2) is 23.2 Å². The largest absolute Gasteiger partial charge is 0.382 e. The fraction of sp³-hybridized carbons (Fsp3) is 0.400. The van der Waals surface area contributed by atoms with E-state index in [1.54, 1.807) is 0 Å². The standard InChI is InChI=1S/C25H28IN9O2/c26-19-21(28)32-20(27)18(31-19)22(36)33-24-29-12-25(34-24)7-9-35(10-8-25)23(37)13-5-6-17-15(11-13)14-3-1-2-4-16(14)30-17/h5-6,11,30H,1-4,7-10,12H2,(H4,27,28,32)(H2,29,33,34,36). The Labute approximate surface area is 227 Å². The van der Waals surface area contributed by atoms with Crippen LogP contribution in [0, 0.1) is 3.70 Å². The van der Waals surface area contributed by atoms with E-state index in [-0.39, 0.29) is 28.8 Å². The second-order valence-corrected chi connectivity index (χ2v) is 11.0. The Kier molecular flexibility index (Phi) is 5.92. The number of nitrogens with one attached hydrogen (secondary N) is 3. The molecule has 0 radical (unpaired) electrons. The number of nitrogen functional groups attached to an aromatic ring is 2. The summed E-state index contributed by atoms with van der Waals surface area (Å²) in [7, 11) is 0. The van der Waals surface area contributed by atoms with Crippen LogP contribution in [0.5, 0.6) is 0 Å². The number of guanidine groups is 1. The van der Waals surface area contributed by atoms with Gasteiger partial charge in [-0.3, -0.25) is 19.9 Å². The van der Waals surface area contributed by atoms with Gasteiger partial charge in [-0.15, -0.1) is 0 Å². The van der Waals surface area contributed by atoms with Crippen LogP contribution in [0.3, 0.4) is 0 Å². The highest BCUT2D eigenvalue weighted by Gasteiger charge is 2.40. The van der Waals surface area contributed by atoms with Crippen molar-refractivity contribution in [1.82, 2.24) is 30.5 Å². The van der Waals surface area contributed by atoms with Gasteiger partial charge in [0.15, 0.2) is 23.3 Å². The van der Waals surface area contributed by atoms with Gasteiger partial charge in [-0.25, -0.2) is 9.97 Å². The maximum absolute atomic E-state index is 13.4. The lowest BCUT2D eigenvalue weighted by Gasteiger charge is -2.39. The van der Waals surface area contributed by atoms with E-state index >= 15 is 0 Å². The van der Waals surface area contributed by atoms with Crippen LogP contribution in [0.25, 0.3) is 10.9 Å². The molecule has 1 aliphatic carbocycles. The Morgan fingerprint density at radius 3 is 2.68 bits per heavy atom. The average Bonchev–Trinajstić information content (AvgIpc) is 3.46. The second-order valence-electron chi connectivity index (χ2n) is 10.00. The number of piperidine rings is 1. The lowest BCUT2D eigenvalue weighted by molar-refractivity contribution is 0.0668. The van der Waals surface area contributed by atoms with Gasteiger partial charge in [0.25, 0.3) is 11.8 Å². The normalized spacial score (nSPS) is 18.4. The highest BCUT2D eigenvalue weighted by Crippen LogP contribution is 2.31. The third kappa shape index (κ3) is 4.36. The number of aromatic amines is 1. The van der Waals surface area contributed by atoms with Crippen molar-refractivity contribution in [2.45, 2.75) is 44.1 Å². The summed E-state index contributed by atoms with van der Waals surface area (Å²) in [5.74, 6) is 0.0797. The molecular weight excluding hydrogens is 585 g/mol. The van der Waals surface area contributed by atoms with Gasteiger partial charge in [0.05, 0.1) is 12.1 Å². The summed E-state index contributed by atoms with van der Waals surface area (Å²) >= 11 is 1.90. The highest BCUT2D eigenvalue weighted by atomic mass is 127. The second kappa shape index (κ2) is 9.15. The van der Waals surface area contributed by atoms with Gasteiger partial charge in [0.1, 0.15) is 3.70 Å². The maximum Gasteiger partial charge on any atom is 0.280 e. The van der Waals surface area contributed by atoms with Crippen LogP contribution in [0.2, 0.25) is 0 Å². The number of amides is 2. The topological polar surface area (TPSA) is 167 Å². The van der Waals surface area contributed by atoms with E-state index in [0.717, 1.165) is 36.8 Å². The summed E-state index contributed by atoms with van der Waals surface area (Å²) in [4.78, 5) is 44.1. The Morgan fingerprint density at radius 1 is 1.08 bits per heavy atom. The van der Waals surface area contributed by atoms with E-state index in [1.165, 1.54) is 29.5 Å². The van der Waals surface area contributed by atoms with E-state index in [4.69, 9.17) is 11.5 Å². The number of aliphatic imine (C=N–C) groups is 1. The number of anilines is 2. The number of carbonyl (C=O) groups is 2. The van der Waals surface area contributed by atoms with Crippen molar-refractivity contribution in [2.75, 3.05) is 31.1 Å². The quantitative estimate of drug-likeness (QED) is 0.276. The number of nitrogens with two attached hydrogens (primary N) is 2. The molecule has 37 heavy (non-hydrogen) atoms. The van der Waals surface area contributed by atoms with Crippen LogP contribution in [-0.4, -0.2) is 62.8 Å². The van der Waals surface area contributed by atoms with Crippen molar-refractivity contribution in [3.63, 3.8) is 0 Å². The van der Waals surface area contributed by atoms with Crippen molar-refractivity contribution in [3.8, 4) is 0 Å². The predicted molar refractivity (Wildman–Crippen MR) is 149 cm³/mol. The van der Waals surface area contributed by atoms with E-state index in [1.807, 2.05) is 39.6 Å². The molecule has 192 valence electrons.